The van der Waals surface area contributed by atoms with E-state index in [9.17, 15) is 9.59 Å². The van der Waals surface area contributed by atoms with E-state index >= 15 is 0 Å². The van der Waals surface area contributed by atoms with E-state index in [1.165, 1.54) is 6.92 Å². The quantitative estimate of drug-likeness (QED) is 0.728. The van der Waals surface area contributed by atoms with Crippen LogP contribution in [0.25, 0.3) is 0 Å². The molecule has 9 heteroatoms. The second kappa shape index (κ2) is 6.58. The minimum atomic E-state index is -0.233. The van der Waals surface area contributed by atoms with Crippen LogP contribution < -0.4 is 10.6 Å². The van der Waals surface area contributed by atoms with Crippen molar-refractivity contribution in [2.24, 2.45) is 7.05 Å². The number of hydrogen-bond donors (Lipinski definition) is 2. The maximum absolute atomic E-state index is 12.2. The molecule has 8 nitrogen and oxygen atoms in total. The predicted molar refractivity (Wildman–Crippen MR) is 83.6 cm³/mol. The second-order valence-electron chi connectivity index (χ2n) is 5.85. The van der Waals surface area contributed by atoms with E-state index in [0.29, 0.717) is 18.9 Å². The summed E-state index contributed by atoms with van der Waals surface area (Å²) in [7, 11) is 1.80. The van der Waals surface area contributed by atoms with Crippen LogP contribution in [0.4, 0.5) is 0 Å². The van der Waals surface area contributed by atoms with Gasteiger partial charge in [-0.05, 0) is 15.9 Å². The minimum Gasteiger partial charge on any atom is -0.371 e. The van der Waals surface area contributed by atoms with Gasteiger partial charge in [0.1, 0.15) is 12.2 Å². The summed E-state index contributed by atoms with van der Waals surface area (Å²) in [5.41, 5.74) is 0.684. The summed E-state index contributed by atoms with van der Waals surface area (Å²) in [5.74, 6) is -0.249. The fourth-order valence-corrected chi connectivity index (χ4v) is 3.56. The third-order valence-corrected chi connectivity index (χ3v) is 4.63. The van der Waals surface area contributed by atoms with Crippen LogP contribution in [0, 0.1) is 0 Å². The normalized spacial score (nSPS) is 29.3. The molecule has 2 amide bonds. The molecule has 4 atom stereocenters. The lowest BCUT2D eigenvalue weighted by molar-refractivity contribution is -0.122. The number of ether oxygens (including phenoxy) is 2. The second-order valence-corrected chi connectivity index (χ2v) is 6.71. The number of amides is 2. The van der Waals surface area contributed by atoms with Crippen molar-refractivity contribution in [3.63, 3.8) is 0 Å². The number of aromatic nitrogens is 2. The lowest BCUT2D eigenvalue weighted by atomic mass is 10.1. The van der Waals surface area contributed by atoms with Gasteiger partial charge >= 0.3 is 0 Å². The third-order valence-electron chi connectivity index (χ3n) is 3.97. The smallest absolute Gasteiger partial charge is 0.226 e. The summed E-state index contributed by atoms with van der Waals surface area (Å²) in [6.45, 7) is 2.24. The fourth-order valence-electron chi connectivity index (χ4n) is 3.04. The van der Waals surface area contributed by atoms with Crippen LogP contribution in [0.2, 0.25) is 0 Å². The van der Waals surface area contributed by atoms with Gasteiger partial charge in [-0.15, -0.1) is 0 Å². The van der Waals surface area contributed by atoms with Gasteiger partial charge in [0, 0.05) is 20.2 Å². The Labute approximate surface area is 142 Å². The molecule has 23 heavy (non-hydrogen) atoms. The summed E-state index contributed by atoms with van der Waals surface area (Å²) in [5, 5.41) is 9.99. The number of carbonyl (C=O) groups excluding carboxylic acids is 2. The molecule has 3 rings (SSSR count). The average Bonchev–Trinajstić information content (AvgIpc) is 3.09. The van der Waals surface area contributed by atoms with Crippen LogP contribution >= 0.6 is 15.9 Å². The molecule has 2 fully saturated rings. The molecule has 2 aliphatic heterocycles. The molecule has 0 aromatic carbocycles. The summed E-state index contributed by atoms with van der Waals surface area (Å²) in [4.78, 5) is 23.4. The minimum absolute atomic E-state index is 0.115. The summed E-state index contributed by atoms with van der Waals surface area (Å²) >= 11 is 3.38. The molecule has 0 saturated carbocycles. The van der Waals surface area contributed by atoms with E-state index in [0.717, 1.165) is 4.47 Å². The van der Waals surface area contributed by atoms with Gasteiger partial charge < -0.3 is 20.1 Å². The Hall–Kier alpha value is -1.45. The van der Waals surface area contributed by atoms with Gasteiger partial charge in [0.15, 0.2) is 0 Å². The molecule has 2 saturated heterocycles. The first-order valence-corrected chi connectivity index (χ1v) is 8.21. The van der Waals surface area contributed by atoms with Crippen molar-refractivity contribution >= 4 is 27.7 Å². The van der Waals surface area contributed by atoms with Gasteiger partial charge in [0.05, 0.1) is 41.9 Å². The molecule has 2 N–H and O–H groups in total. The number of carbonyl (C=O) groups is 2. The van der Waals surface area contributed by atoms with Crippen molar-refractivity contribution < 1.29 is 19.1 Å². The summed E-state index contributed by atoms with van der Waals surface area (Å²) in [6, 6.07) is -0.377. The number of nitrogens with one attached hydrogen (secondary N) is 2. The largest absolute Gasteiger partial charge is 0.371 e. The molecule has 0 radical (unpaired) electrons. The maximum atomic E-state index is 12.2. The molecule has 1 aromatic rings. The monoisotopic (exact) mass is 386 g/mol. The van der Waals surface area contributed by atoms with Crippen LogP contribution in [0.3, 0.4) is 0 Å². The lowest BCUT2D eigenvalue weighted by Crippen LogP contribution is -2.46. The van der Waals surface area contributed by atoms with Gasteiger partial charge in [-0.1, -0.05) is 0 Å². The number of aryl methyl sites for hydroxylation is 1. The van der Waals surface area contributed by atoms with Gasteiger partial charge in [-0.2, -0.15) is 5.10 Å². The molecule has 3 heterocycles. The first kappa shape index (κ1) is 16.4. The number of hydrogen-bond acceptors (Lipinski definition) is 5. The average molecular weight is 387 g/mol. The molecule has 0 spiro atoms. The van der Waals surface area contributed by atoms with Crippen LogP contribution in [0.1, 0.15) is 12.6 Å². The first-order chi connectivity index (χ1) is 10.9. The molecule has 0 aliphatic carbocycles. The van der Waals surface area contributed by atoms with E-state index in [2.05, 4.69) is 31.7 Å². The van der Waals surface area contributed by atoms with Crippen molar-refractivity contribution in [3.8, 4) is 0 Å². The molecule has 0 bridgehead atoms. The Kier molecular flexibility index (Phi) is 4.69. The molecule has 0 unspecified atom stereocenters. The fraction of sp³-hybridized carbons (Fsp3) is 0.643. The van der Waals surface area contributed by atoms with Crippen molar-refractivity contribution in [3.05, 3.63) is 16.4 Å². The molecular formula is C14H19BrN4O4. The highest BCUT2D eigenvalue weighted by atomic mass is 79.9. The Bertz CT molecular complexity index is 620. The number of fused-ring (bicyclic) bond motifs is 1. The zero-order valence-corrected chi connectivity index (χ0v) is 14.5. The summed E-state index contributed by atoms with van der Waals surface area (Å²) < 4.78 is 13.9. The number of rotatable bonds is 4. The van der Waals surface area contributed by atoms with Crippen molar-refractivity contribution in [2.45, 2.75) is 37.6 Å². The lowest BCUT2D eigenvalue weighted by Gasteiger charge is -2.17. The highest BCUT2D eigenvalue weighted by molar-refractivity contribution is 9.10. The molecule has 1 aromatic heterocycles. The molecular weight excluding hydrogens is 368 g/mol. The predicted octanol–water partition coefficient (Wildman–Crippen LogP) is -0.488. The highest BCUT2D eigenvalue weighted by Crippen LogP contribution is 2.27. The topological polar surface area (TPSA) is 94.5 Å². The van der Waals surface area contributed by atoms with Gasteiger partial charge in [-0.3, -0.25) is 14.3 Å². The van der Waals surface area contributed by atoms with Gasteiger partial charge in [0.25, 0.3) is 0 Å². The van der Waals surface area contributed by atoms with E-state index in [1.807, 2.05) is 0 Å². The Morgan fingerprint density at radius 3 is 2.43 bits per heavy atom. The first-order valence-electron chi connectivity index (χ1n) is 7.41. The van der Waals surface area contributed by atoms with E-state index in [4.69, 9.17) is 9.47 Å². The Balaban J connectivity index is 1.56. The standard InChI is InChI=1S/C14H19BrN4O4/c1-7(20)16-10-5-22-14-11(6-23-13(10)14)17-12(21)3-9-8(15)4-19(2)18-9/h4,10-11,13-14H,3,5-6H2,1-2H3,(H,16,20)(H,17,21)/t10-,11-,13+,14+/m0/s1. The SMILES string of the molecule is CC(=O)N[C@H]1CO[C@H]2[C@@H]1OC[C@@H]2NC(=O)Cc1nn(C)cc1Br. The highest BCUT2D eigenvalue weighted by Gasteiger charge is 2.48. The number of halogens is 1. The Morgan fingerprint density at radius 2 is 1.91 bits per heavy atom. The zero-order valence-electron chi connectivity index (χ0n) is 12.9. The zero-order chi connectivity index (χ0) is 16.6. The van der Waals surface area contributed by atoms with Gasteiger partial charge in [0.2, 0.25) is 11.8 Å². The van der Waals surface area contributed by atoms with Crippen LogP contribution in [-0.2, 0) is 32.5 Å². The molecule has 126 valence electrons. The van der Waals surface area contributed by atoms with Crippen molar-refractivity contribution in [1.82, 2.24) is 20.4 Å². The van der Waals surface area contributed by atoms with Crippen LogP contribution in [0.15, 0.2) is 10.7 Å². The van der Waals surface area contributed by atoms with E-state index < -0.39 is 0 Å². The Morgan fingerprint density at radius 1 is 1.30 bits per heavy atom. The maximum Gasteiger partial charge on any atom is 0.226 e. The number of nitrogens with zero attached hydrogens (tertiary/aromatic N) is 2. The van der Waals surface area contributed by atoms with Crippen molar-refractivity contribution in [1.29, 1.82) is 0 Å². The van der Waals surface area contributed by atoms with E-state index in [1.54, 1.807) is 17.9 Å². The van der Waals surface area contributed by atoms with Crippen molar-refractivity contribution in [2.75, 3.05) is 13.2 Å². The third kappa shape index (κ3) is 3.56. The summed E-state index contributed by atoms with van der Waals surface area (Å²) in [6.07, 6.45) is 1.54. The van der Waals surface area contributed by atoms with E-state index in [-0.39, 0.29) is 42.5 Å². The van der Waals surface area contributed by atoms with Gasteiger partial charge in [-0.25, -0.2) is 0 Å². The van der Waals surface area contributed by atoms with Crippen LogP contribution in [-0.4, -0.2) is 59.1 Å². The molecule has 2 aliphatic rings. The van der Waals surface area contributed by atoms with Crippen LogP contribution in [0.5, 0.6) is 0 Å².